The topological polar surface area (TPSA) is 62.6 Å². The number of allylic oxidation sites excluding steroid dienone is 5. The third kappa shape index (κ3) is 5.46. The van der Waals surface area contributed by atoms with Gasteiger partial charge in [-0.3, -0.25) is 0 Å². The number of amides is 1. The summed E-state index contributed by atoms with van der Waals surface area (Å²) in [5.74, 6) is 0. The molecular weight excluding hydrogens is 352 g/mol. The molecule has 0 N–H and O–H groups in total. The number of carbonyl (C=O) groups is 1. The fourth-order valence-corrected chi connectivity index (χ4v) is 3.30. The number of nitriles is 1. The lowest BCUT2D eigenvalue weighted by Crippen LogP contribution is -2.41. The summed E-state index contributed by atoms with van der Waals surface area (Å²) in [4.78, 5) is 13.8. The minimum absolute atomic E-state index is 0.273. The molecule has 1 atom stereocenters. The van der Waals surface area contributed by atoms with E-state index in [2.05, 4.69) is 19.2 Å². The average Bonchev–Trinajstić information content (AvgIpc) is 2.66. The molecule has 0 fully saturated rings. The number of likely N-dealkylation sites (N-methyl/N-ethyl adjacent to an activating group) is 1. The molecule has 0 saturated heterocycles. The third-order valence-corrected chi connectivity index (χ3v) is 4.78. The highest BCUT2D eigenvalue weighted by Crippen LogP contribution is 2.34. The highest BCUT2D eigenvalue weighted by Gasteiger charge is 2.28. The highest BCUT2D eigenvalue weighted by molar-refractivity contribution is 5.68. The fraction of sp³-hybridized carbons (Fsp3) is 0.478. The molecular formula is C23H30N2O3. The molecule has 1 aliphatic heterocycles. The van der Waals surface area contributed by atoms with Crippen LogP contribution in [-0.4, -0.2) is 42.9 Å². The van der Waals surface area contributed by atoms with Gasteiger partial charge in [0.05, 0.1) is 19.2 Å². The second-order valence-corrected chi connectivity index (χ2v) is 8.08. The van der Waals surface area contributed by atoms with Crippen LogP contribution in [0, 0.1) is 11.3 Å². The zero-order valence-corrected chi connectivity index (χ0v) is 17.4. The van der Waals surface area contributed by atoms with Gasteiger partial charge >= 0.3 is 6.09 Å². The molecule has 1 heterocycles. The fourth-order valence-electron chi connectivity index (χ4n) is 3.30. The van der Waals surface area contributed by atoms with Crippen molar-refractivity contribution in [2.24, 2.45) is 0 Å². The van der Waals surface area contributed by atoms with Gasteiger partial charge in [0.2, 0.25) is 0 Å². The summed E-state index contributed by atoms with van der Waals surface area (Å²) in [6, 6.07) is 2.21. The standard InChI is InChI=1S/C23H30N2O3/c1-7-19-20(16(2)18-10-8-17(14-24)9-11-18)12-13-27-21(19)15-25(6)22(26)28-23(3,4)5/h7-8,10,21H,1-2,9,11-13,15H2,3-6H3. The molecule has 28 heavy (non-hydrogen) atoms. The first-order chi connectivity index (χ1) is 13.2. The normalized spacial score (nSPS) is 19.9. The molecule has 0 radical (unpaired) electrons. The first-order valence-electron chi connectivity index (χ1n) is 9.57. The van der Waals surface area contributed by atoms with Crippen molar-refractivity contribution in [2.45, 2.75) is 51.7 Å². The molecule has 5 heteroatoms. The maximum absolute atomic E-state index is 12.3. The van der Waals surface area contributed by atoms with E-state index in [1.54, 1.807) is 13.1 Å². The molecule has 5 nitrogen and oxygen atoms in total. The zero-order chi connectivity index (χ0) is 20.9. The van der Waals surface area contributed by atoms with Crippen LogP contribution in [0.2, 0.25) is 0 Å². The van der Waals surface area contributed by atoms with Crippen molar-refractivity contribution < 1.29 is 14.3 Å². The summed E-state index contributed by atoms with van der Waals surface area (Å²) < 4.78 is 11.4. The lowest BCUT2D eigenvalue weighted by molar-refractivity contribution is 0.0104. The minimum Gasteiger partial charge on any atom is -0.444 e. The van der Waals surface area contributed by atoms with Gasteiger partial charge < -0.3 is 14.4 Å². The Bertz CT molecular complexity index is 788. The summed E-state index contributed by atoms with van der Waals surface area (Å²) >= 11 is 0. The zero-order valence-electron chi connectivity index (χ0n) is 17.4. The Kier molecular flexibility index (Phi) is 7.04. The van der Waals surface area contributed by atoms with Gasteiger partial charge in [-0.15, -0.1) is 0 Å². The molecule has 1 amide bonds. The average molecular weight is 383 g/mol. The number of hydrogen-bond acceptors (Lipinski definition) is 4. The van der Waals surface area contributed by atoms with Crippen LogP contribution in [0.4, 0.5) is 4.79 Å². The largest absolute Gasteiger partial charge is 0.444 e. The van der Waals surface area contributed by atoms with E-state index in [0.29, 0.717) is 13.2 Å². The molecule has 0 aromatic heterocycles. The number of nitrogens with zero attached hydrogens (tertiary/aromatic N) is 2. The van der Waals surface area contributed by atoms with Crippen molar-refractivity contribution >= 4 is 6.09 Å². The van der Waals surface area contributed by atoms with Gasteiger partial charge in [-0.1, -0.05) is 25.3 Å². The minimum atomic E-state index is -0.543. The van der Waals surface area contributed by atoms with Crippen LogP contribution < -0.4 is 0 Å². The monoisotopic (exact) mass is 382 g/mol. The summed E-state index contributed by atoms with van der Waals surface area (Å²) in [6.45, 7) is 14.7. The summed E-state index contributed by atoms with van der Waals surface area (Å²) in [7, 11) is 1.71. The second kappa shape index (κ2) is 9.07. The number of ether oxygens (including phenoxy) is 2. The van der Waals surface area contributed by atoms with Crippen molar-refractivity contribution in [1.82, 2.24) is 4.90 Å². The Morgan fingerprint density at radius 1 is 1.39 bits per heavy atom. The SMILES string of the molecule is C=CC1=C(C(=C)C2=CC=C(C#N)CC2)CCOC1CN(C)C(=O)OC(C)(C)C. The van der Waals surface area contributed by atoms with Gasteiger partial charge in [-0.2, -0.15) is 5.26 Å². The van der Waals surface area contributed by atoms with Gasteiger partial charge in [-0.05, 0) is 68.4 Å². The van der Waals surface area contributed by atoms with E-state index in [1.165, 1.54) is 4.90 Å². The summed E-state index contributed by atoms with van der Waals surface area (Å²) in [5.41, 5.74) is 4.43. The van der Waals surface area contributed by atoms with Gasteiger partial charge in [0.25, 0.3) is 0 Å². The van der Waals surface area contributed by atoms with Crippen LogP contribution in [0.1, 0.15) is 40.0 Å². The van der Waals surface area contributed by atoms with Gasteiger partial charge in [0.1, 0.15) is 11.7 Å². The van der Waals surface area contributed by atoms with Crippen LogP contribution in [0.15, 0.2) is 59.3 Å². The quantitative estimate of drug-likeness (QED) is 0.682. The lowest BCUT2D eigenvalue weighted by atomic mass is 9.85. The van der Waals surface area contributed by atoms with Crippen LogP contribution in [0.3, 0.4) is 0 Å². The molecule has 1 aliphatic carbocycles. The number of hydrogen-bond donors (Lipinski definition) is 0. The predicted molar refractivity (Wildman–Crippen MR) is 111 cm³/mol. The van der Waals surface area contributed by atoms with Crippen LogP contribution >= 0.6 is 0 Å². The van der Waals surface area contributed by atoms with Gasteiger partial charge in [-0.25, -0.2) is 4.79 Å². The Balaban J connectivity index is 2.19. The Hall–Kier alpha value is -2.58. The van der Waals surface area contributed by atoms with Crippen LogP contribution in [0.5, 0.6) is 0 Å². The maximum Gasteiger partial charge on any atom is 0.410 e. The highest BCUT2D eigenvalue weighted by atomic mass is 16.6. The first-order valence-corrected chi connectivity index (χ1v) is 9.57. The van der Waals surface area contributed by atoms with Crippen LogP contribution in [-0.2, 0) is 9.47 Å². The number of rotatable bonds is 5. The van der Waals surface area contributed by atoms with E-state index in [9.17, 15) is 4.79 Å². The Morgan fingerprint density at radius 3 is 2.64 bits per heavy atom. The van der Waals surface area contributed by atoms with E-state index in [4.69, 9.17) is 14.7 Å². The second-order valence-electron chi connectivity index (χ2n) is 8.08. The maximum atomic E-state index is 12.3. The molecule has 0 spiro atoms. The van der Waals surface area contributed by atoms with Crippen LogP contribution in [0.25, 0.3) is 0 Å². The van der Waals surface area contributed by atoms with E-state index in [-0.39, 0.29) is 12.2 Å². The molecule has 2 aliphatic rings. The van der Waals surface area contributed by atoms with E-state index < -0.39 is 5.60 Å². The first kappa shape index (κ1) is 21.7. The van der Waals surface area contributed by atoms with E-state index in [0.717, 1.165) is 47.1 Å². The molecule has 0 bridgehead atoms. The van der Waals surface area contributed by atoms with E-state index >= 15 is 0 Å². The summed E-state index contributed by atoms with van der Waals surface area (Å²) in [6.07, 6.45) is 7.28. The van der Waals surface area contributed by atoms with Crippen molar-refractivity contribution in [3.8, 4) is 6.07 Å². The van der Waals surface area contributed by atoms with Crippen molar-refractivity contribution in [3.05, 3.63) is 59.3 Å². The lowest BCUT2D eigenvalue weighted by Gasteiger charge is -2.32. The summed E-state index contributed by atoms with van der Waals surface area (Å²) in [5, 5.41) is 9.03. The molecule has 1 unspecified atom stereocenters. The molecule has 0 aromatic rings. The predicted octanol–water partition coefficient (Wildman–Crippen LogP) is 4.85. The van der Waals surface area contributed by atoms with Crippen molar-refractivity contribution in [1.29, 1.82) is 5.26 Å². The third-order valence-electron chi connectivity index (χ3n) is 4.78. The van der Waals surface area contributed by atoms with Crippen molar-refractivity contribution in [3.63, 3.8) is 0 Å². The number of carbonyl (C=O) groups excluding carboxylic acids is 1. The molecule has 0 aromatic carbocycles. The van der Waals surface area contributed by atoms with Gasteiger partial charge in [0.15, 0.2) is 0 Å². The smallest absolute Gasteiger partial charge is 0.410 e. The Morgan fingerprint density at radius 2 is 2.11 bits per heavy atom. The molecule has 0 saturated carbocycles. The molecule has 150 valence electrons. The van der Waals surface area contributed by atoms with E-state index in [1.807, 2.05) is 32.9 Å². The Labute approximate surface area is 168 Å². The van der Waals surface area contributed by atoms with Crippen molar-refractivity contribution in [2.75, 3.05) is 20.2 Å². The molecule has 2 rings (SSSR count). The van der Waals surface area contributed by atoms with Gasteiger partial charge in [0, 0.05) is 12.6 Å².